The molecule has 1 aromatic rings. The summed E-state index contributed by atoms with van der Waals surface area (Å²) in [6.45, 7) is 8.41. The molecule has 0 amide bonds. The Hall–Kier alpha value is -0.480. The second-order valence-electron chi connectivity index (χ2n) is 3.29. The van der Waals surface area contributed by atoms with Crippen LogP contribution < -0.4 is 0 Å². The third-order valence-corrected chi connectivity index (χ3v) is 3.93. The van der Waals surface area contributed by atoms with Crippen molar-refractivity contribution in [1.29, 1.82) is 0 Å². The van der Waals surface area contributed by atoms with Crippen molar-refractivity contribution >= 4 is 28.3 Å². The van der Waals surface area contributed by atoms with E-state index in [0.29, 0.717) is 5.37 Å². The first-order chi connectivity index (χ1) is 7.19. The molecule has 2 nitrogen and oxygen atoms in total. The van der Waals surface area contributed by atoms with E-state index in [0.717, 1.165) is 17.4 Å². The fourth-order valence-corrected chi connectivity index (χ4v) is 2.99. The van der Waals surface area contributed by atoms with Crippen molar-refractivity contribution in [3.8, 4) is 0 Å². The van der Waals surface area contributed by atoms with Gasteiger partial charge in [-0.2, -0.15) is 0 Å². The smallest absolute Gasteiger partial charge is 0.138 e. The molecule has 1 rings (SSSR count). The Labute approximate surface area is 102 Å². The van der Waals surface area contributed by atoms with E-state index in [-0.39, 0.29) is 0 Å². The third kappa shape index (κ3) is 3.54. The van der Waals surface area contributed by atoms with E-state index >= 15 is 0 Å². The first-order valence-electron chi connectivity index (χ1n) is 5.27. The Bertz CT molecular complexity index is 292. The fraction of sp³-hybridized carbons (Fsp3) is 0.545. The van der Waals surface area contributed by atoms with Crippen LogP contribution in [-0.4, -0.2) is 26.9 Å². The summed E-state index contributed by atoms with van der Waals surface area (Å²) in [6, 6.07) is 4.08. The summed E-state index contributed by atoms with van der Waals surface area (Å²) in [5.41, 5.74) is 0. The van der Waals surface area contributed by atoms with Crippen LogP contribution in [0.3, 0.4) is 0 Å². The van der Waals surface area contributed by atoms with Gasteiger partial charge in [-0.05, 0) is 32.9 Å². The minimum Gasteiger partial charge on any atom is -0.358 e. The van der Waals surface area contributed by atoms with Gasteiger partial charge in [-0.1, -0.05) is 24.0 Å². The number of hydrogen-bond acceptors (Lipinski definition) is 2. The fourth-order valence-electron chi connectivity index (χ4n) is 1.35. The van der Waals surface area contributed by atoms with Crippen LogP contribution in [-0.2, 0) is 0 Å². The molecule has 1 heterocycles. The van der Waals surface area contributed by atoms with E-state index in [4.69, 9.17) is 12.2 Å². The van der Waals surface area contributed by atoms with E-state index in [2.05, 4.69) is 42.6 Å². The lowest BCUT2D eigenvalue weighted by Crippen LogP contribution is -2.27. The third-order valence-electron chi connectivity index (χ3n) is 2.34. The molecular weight excluding hydrogens is 224 g/mol. The molecular formula is C11H18N2S2. The van der Waals surface area contributed by atoms with Crippen molar-refractivity contribution in [2.75, 3.05) is 13.1 Å². The number of nitrogens with zero attached hydrogens (tertiary/aromatic N) is 2. The van der Waals surface area contributed by atoms with Gasteiger partial charge in [-0.15, -0.1) is 0 Å². The van der Waals surface area contributed by atoms with Crippen molar-refractivity contribution in [3.05, 3.63) is 24.5 Å². The molecule has 0 spiro atoms. The number of rotatable bonds is 4. The van der Waals surface area contributed by atoms with E-state index in [1.54, 1.807) is 11.8 Å². The van der Waals surface area contributed by atoms with Crippen molar-refractivity contribution in [1.82, 2.24) is 9.47 Å². The van der Waals surface area contributed by atoms with Gasteiger partial charge in [0.25, 0.3) is 0 Å². The standard InChI is InChI=1S/C11H18N2S2/c1-4-12(5-2)11(14)15-10(3)13-8-6-7-9-13/h6-10H,4-5H2,1-3H3. The first kappa shape index (κ1) is 12.6. The summed E-state index contributed by atoms with van der Waals surface area (Å²) in [4.78, 5) is 2.21. The van der Waals surface area contributed by atoms with Crippen molar-refractivity contribution < 1.29 is 0 Å². The van der Waals surface area contributed by atoms with Crippen LogP contribution in [0.4, 0.5) is 0 Å². The van der Waals surface area contributed by atoms with Crippen LogP contribution in [0, 0.1) is 0 Å². The summed E-state index contributed by atoms with van der Waals surface area (Å²) < 4.78 is 3.15. The Balaban J connectivity index is 2.51. The Morgan fingerprint density at radius 2 is 1.87 bits per heavy atom. The molecule has 0 saturated heterocycles. The van der Waals surface area contributed by atoms with Crippen LogP contribution in [0.1, 0.15) is 26.1 Å². The maximum atomic E-state index is 5.40. The van der Waals surface area contributed by atoms with E-state index in [1.807, 2.05) is 12.1 Å². The zero-order valence-corrected chi connectivity index (χ0v) is 11.1. The van der Waals surface area contributed by atoms with Gasteiger partial charge in [0.05, 0.1) is 5.37 Å². The van der Waals surface area contributed by atoms with Gasteiger partial charge in [0, 0.05) is 25.5 Å². The van der Waals surface area contributed by atoms with Crippen LogP contribution in [0.25, 0.3) is 0 Å². The lowest BCUT2D eigenvalue weighted by molar-refractivity contribution is 0.482. The highest BCUT2D eigenvalue weighted by molar-refractivity contribution is 8.22. The average Bonchev–Trinajstić information content (AvgIpc) is 2.72. The average molecular weight is 242 g/mol. The topological polar surface area (TPSA) is 8.17 Å². The zero-order valence-electron chi connectivity index (χ0n) is 9.51. The maximum absolute atomic E-state index is 5.40. The molecule has 0 aliphatic rings. The lowest BCUT2D eigenvalue weighted by Gasteiger charge is -2.23. The zero-order chi connectivity index (χ0) is 11.3. The summed E-state index contributed by atoms with van der Waals surface area (Å²) in [5, 5.41) is 0.369. The maximum Gasteiger partial charge on any atom is 0.138 e. The van der Waals surface area contributed by atoms with Gasteiger partial charge >= 0.3 is 0 Å². The van der Waals surface area contributed by atoms with Gasteiger partial charge in [0.2, 0.25) is 0 Å². The molecule has 0 bridgehead atoms. The number of thiocarbonyl (C=S) groups is 1. The summed E-state index contributed by atoms with van der Waals surface area (Å²) >= 11 is 7.13. The monoisotopic (exact) mass is 242 g/mol. The Morgan fingerprint density at radius 1 is 1.33 bits per heavy atom. The summed E-state index contributed by atoms with van der Waals surface area (Å²) in [7, 11) is 0. The molecule has 0 aliphatic heterocycles. The predicted molar refractivity (Wildman–Crippen MR) is 72.3 cm³/mol. The number of hydrogen-bond donors (Lipinski definition) is 0. The predicted octanol–water partition coefficient (Wildman–Crippen LogP) is 3.37. The van der Waals surface area contributed by atoms with E-state index in [1.165, 1.54) is 0 Å². The number of thioether (sulfide) groups is 1. The highest BCUT2D eigenvalue weighted by Crippen LogP contribution is 2.25. The molecule has 0 fully saturated rings. The second-order valence-corrected chi connectivity index (χ2v) is 5.24. The molecule has 4 heteroatoms. The second kappa shape index (κ2) is 6.18. The quantitative estimate of drug-likeness (QED) is 0.749. The SMILES string of the molecule is CCN(CC)C(=S)SC(C)n1cccc1. The van der Waals surface area contributed by atoms with Gasteiger partial charge in [-0.3, -0.25) is 0 Å². The summed E-state index contributed by atoms with van der Waals surface area (Å²) in [6.07, 6.45) is 4.14. The molecule has 1 unspecified atom stereocenters. The van der Waals surface area contributed by atoms with Crippen molar-refractivity contribution in [3.63, 3.8) is 0 Å². The molecule has 84 valence electrons. The van der Waals surface area contributed by atoms with E-state index in [9.17, 15) is 0 Å². The Kier molecular flexibility index (Phi) is 5.19. The lowest BCUT2D eigenvalue weighted by atomic mass is 10.6. The largest absolute Gasteiger partial charge is 0.358 e. The van der Waals surface area contributed by atoms with Crippen molar-refractivity contribution in [2.45, 2.75) is 26.1 Å². The minimum atomic E-state index is 0.369. The van der Waals surface area contributed by atoms with Gasteiger partial charge in [0.1, 0.15) is 4.32 Å². The van der Waals surface area contributed by atoms with Crippen LogP contribution >= 0.6 is 24.0 Å². The summed E-state index contributed by atoms with van der Waals surface area (Å²) in [5.74, 6) is 0. The van der Waals surface area contributed by atoms with Crippen LogP contribution in [0.5, 0.6) is 0 Å². The molecule has 0 N–H and O–H groups in total. The van der Waals surface area contributed by atoms with Gasteiger partial charge in [0.15, 0.2) is 0 Å². The van der Waals surface area contributed by atoms with E-state index < -0.39 is 0 Å². The molecule has 0 radical (unpaired) electrons. The van der Waals surface area contributed by atoms with Crippen molar-refractivity contribution in [2.24, 2.45) is 0 Å². The van der Waals surface area contributed by atoms with Gasteiger partial charge in [-0.25, -0.2) is 0 Å². The van der Waals surface area contributed by atoms with Crippen LogP contribution in [0.15, 0.2) is 24.5 Å². The number of aromatic nitrogens is 1. The highest BCUT2D eigenvalue weighted by Gasteiger charge is 2.11. The molecule has 1 atom stereocenters. The molecule has 0 saturated carbocycles. The van der Waals surface area contributed by atoms with Gasteiger partial charge < -0.3 is 9.47 Å². The molecule has 15 heavy (non-hydrogen) atoms. The van der Waals surface area contributed by atoms with Crippen LogP contribution in [0.2, 0.25) is 0 Å². The molecule has 1 aromatic heterocycles. The Morgan fingerprint density at radius 3 is 2.33 bits per heavy atom. The minimum absolute atomic E-state index is 0.369. The first-order valence-corrected chi connectivity index (χ1v) is 6.55. The molecule has 0 aromatic carbocycles. The normalized spacial score (nSPS) is 12.5. The molecule has 0 aliphatic carbocycles. The highest BCUT2D eigenvalue weighted by atomic mass is 32.2.